The molecule has 0 unspecified atom stereocenters. The third-order valence-corrected chi connectivity index (χ3v) is 3.87. The van der Waals surface area contributed by atoms with Crippen molar-refractivity contribution in [2.45, 2.75) is 25.7 Å². The molecule has 0 aliphatic carbocycles. The molecular weight excluding hydrogens is 266 g/mol. The minimum atomic E-state index is 1.11. The highest BCUT2D eigenvalue weighted by molar-refractivity contribution is 5.65. The van der Waals surface area contributed by atoms with Gasteiger partial charge in [0.25, 0.3) is 0 Å². The summed E-state index contributed by atoms with van der Waals surface area (Å²) in [5.41, 5.74) is 4.29. The molecule has 0 aliphatic heterocycles. The Balaban J connectivity index is 1.95. The summed E-state index contributed by atoms with van der Waals surface area (Å²) >= 11 is 0. The predicted molar refractivity (Wildman–Crippen MR) is 97.0 cm³/mol. The van der Waals surface area contributed by atoms with Gasteiger partial charge >= 0.3 is 0 Å². The molecule has 1 heteroatoms. The molecule has 0 saturated heterocycles. The van der Waals surface area contributed by atoms with Gasteiger partial charge in [-0.25, -0.2) is 0 Å². The topological polar surface area (TPSA) is 3.24 Å². The molecule has 0 heterocycles. The minimum Gasteiger partial charge on any atom is -0.309 e. The van der Waals surface area contributed by atoms with Crippen LogP contribution in [0.2, 0.25) is 0 Å². The van der Waals surface area contributed by atoms with E-state index in [1.54, 1.807) is 0 Å². The number of rotatable bonds is 8. The van der Waals surface area contributed by atoms with Crippen molar-refractivity contribution in [2.24, 2.45) is 0 Å². The Morgan fingerprint density at radius 1 is 0.909 bits per heavy atom. The second-order valence-electron chi connectivity index (χ2n) is 6.03. The third-order valence-electron chi connectivity index (χ3n) is 3.87. The van der Waals surface area contributed by atoms with Crippen molar-refractivity contribution >= 4 is 5.57 Å². The lowest BCUT2D eigenvalue weighted by Gasteiger charge is -2.11. The van der Waals surface area contributed by atoms with Gasteiger partial charge in [0, 0.05) is 6.54 Å². The monoisotopic (exact) mass is 293 g/mol. The van der Waals surface area contributed by atoms with Crippen LogP contribution in [0.3, 0.4) is 0 Å². The van der Waals surface area contributed by atoms with Crippen LogP contribution < -0.4 is 0 Å². The van der Waals surface area contributed by atoms with E-state index in [1.165, 1.54) is 23.1 Å². The van der Waals surface area contributed by atoms with E-state index in [9.17, 15) is 0 Å². The van der Waals surface area contributed by atoms with E-state index in [1.807, 2.05) is 0 Å². The lowest BCUT2D eigenvalue weighted by atomic mass is 9.97. The van der Waals surface area contributed by atoms with Gasteiger partial charge < -0.3 is 4.90 Å². The highest BCUT2D eigenvalue weighted by Gasteiger charge is 2.02. The number of aryl methyl sites for hydroxylation is 1. The molecule has 2 aromatic carbocycles. The minimum absolute atomic E-state index is 1.11. The van der Waals surface area contributed by atoms with Gasteiger partial charge in [0.2, 0.25) is 0 Å². The molecule has 1 nitrogen and oxygen atoms in total. The second kappa shape index (κ2) is 9.22. The Bertz CT molecular complexity index is 555. The fraction of sp³-hybridized carbons (Fsp3) is 0.333. The summed E-state index contributed by atoms with van der Waals surface area (Å²) in [5, 5.41) is 0. The van der Waals surface area contributed by atoms with E-state index in [0.29, 0.717) is 0 Å². The highest BCUT2D eigenvalue weighted by Crippen LogP contribution is 2.21. The molecule has 2 aromatic rings. The van der Waals surface area contributed by atoms with Crippen LogP contribution in [0.15, 0.2) is 66.7 Å². The summed E-state index contributed by atoms with van der Waals surface area (Å²) in [6, 6.07) is 21.6. The van der Waals surface area contributed by atoms with Gasteiger partial charge in [-0.2, -0.15) is 0 Å². The molecule has 0 saturated carbocycles. The van der Waals surface area contributed by atoms with Crippen molar-refractivity contribution in [3.05, 3.63) is 77.9 Å². The van der Waals surface area contributed by atoms with Crippen molar-refractivity contribution in [3.8, 4) is 0 Å². The van der Waals surface area contributed by atoms with Crippen molar-refractivity contribution in [2.75, 3.05) is 20.6 Å². The molecule has 116 valence electrons. The molecule has 0 fully saturated rings. The number of hydrogen-bond acceptors (Lipinski definition) is 1. The molecule has 0 spiro atoms. The average molecular weight is 293 g/mol. The Morgan fingerprint density at radius 2 is 1.55 bits per heavy atom. The molecule has 0 amide bonds. The maximum absolute atomic E-state index is 2.42. The predicted octanol–water partition coefficient (Wildman–Crippen LogP) is 5.04. The quantitative estimate of drug-likeness (QED) is 0.658. The van der Waals surface area contributed by atoms with Gasteiger partial charge in [0.1, 0.15) is 0 Å². The standard InChI is InChI=1S/C21H27N/c1-22(2)18-10-17-21(20-14-7-4-8-15-20)16-9-13-19-11-5-3-6-12-19/h3-8,11-12,14-15,17H,9-10,13,16,18H2,1-2H3/b21-17-. The van der Waals surface area contributed by atoms with Gasteiger partial charge in [0.05, 0.1) is 0 Å². The fourth-order valence-corrected chi connectivity index (χ4v) is 2.64. The first-order chi connectivity index (χ1) is 10.8. The van der Waals surface area contributed by atoms with E-state index in [4.69, 9.17) is 0 Å². The van der Waals surface area contributed by atoms with Crippen LogP contribution in [0.4, 0.5) is 0 Å². The zero-order chi connectivity index (χ0) is 15.6. The van der Waals surface area contributed by atoms with Crippen molar-refractivity contribution in [3.63, 3.8) is 0 Å². The van der Waals surface area contributed by atoms with Gasteiger partial charge in [-0.1, -0.05) is 66.7 Å². The van der Waals surface area contributed by atoms with E-state index < -0.39 is 0 Å². The van der Waals surface area contributed by atoms with Crippen LogP contribution in [-0.4, -0.2) is 25.5 Å². The molecule has 0 radical (unpaired) electrons. The van der Waals surface area contributed by atoms with Crippen molar-refractivity contribution in [1.29, 1.82) is 0 Å². The first kappa shape index (κ1) is 16.5. The van der Waals surface area contributed by atoms with Gasteiger partial charge in [0.15, 0.2) is 0 Å². The normalized spacial score (nSPS) is 11.9. The average Bonchev–Trinajstić information content (AvgIpc) is 2.55. The largest absolute Gasteiger partial charge is 0.309 e. The van der Waals surface area contributed by atoms with Crippen LogP contribution in [0.25, 0.3) is 5.57 Å². The number of benzene rings is 2. The first-order valence-electron chi connectivity index (χ1n) is 8.19. The van der Waals surface area contributed by atoms with Crippen LogP contribution in [0, 0.1) is 0 Å². The van der Waals surface area contributed by atoms with Crippen LogP contribution >= 0.6 is 0 Å². The van der Waals surface area contributed by atoms with Gasteiger partial charge in [-0.05, 0) is 56.5 Å². The van der Waals surface area contributed by atoms with Crippen LogP contribution in [0.5, 0.6) is 0 Å². The number of hydrogen-bond donors (Lipinski definition) is 0. The third kappa shape index (κ3) is 5.87. The Kier molecular flexibility index (Phi) is 6.92. The summed E-state index contributed by atoms with van der Waals surface area (Å²) < 4.78 is 0. The molecule has 0 aromatic heterocycles. The number of nitrogens with zero attached hydrogens (tertiary/aromatic N) is 1. The van der Waals surface area contributed by atoms with E-state index in [2.05, 4.69) is 85.7 Å². The lowest BCUT2D eigenvalue weighted by molar-refractivity contribution is 0.417. The molecule has 2 rings (SSSR count). The van der Waals surface area contributed by atoms with Gasteiger partial charge in [-0.15, -0.1) is 0 Å². The second-order valence-corrected chi connectivity index (χ2v) is 6.03. The molecule has 0 aliphatic rings. The summed E-state index contributed by atoms with van der Waals surface area (Å²) in [6.45, 7) is 1.11. The summed E-state index contributed by atoms with van der Waals surface area (Å²) in [4.78, 5) is 2.24. The summed E-state index contributed by atoms with van der Waals surface area (Å²) in [5.74, 6) is 0. The van der Waals surface area contributed by atoms with Gasteiger partial charge in [-0.3, -0.25) is 0 Å². The maximum Gasteiger partial charge on any atom is 0.00100 e. The van der Waals surface area contributed by atoms with Crippen molar-refractivity contribution in [1.82, 2.24) is 4.90 Å². The Labute approximate surface area is 135 Å². The van der Waals surface area contributed by atoms with Crippen LogP contribution in [-0.2, 0) is 6.42 Å². The first-order valence-corrected chi connectivity index (χ1v) is 8.19. The zero-order valence-electron chi connectivity index (χ0n) is 13.8. The highest BCUT2D eigenvalue weighted by atomic mass is 15.0. The molecule has 22 heavy (non-hydrogen) atoms. The summed E-state index contributed by atoms with van der Waals surface area (Å²) in [6.07, 6.45) is 7.03. The summed E-state index contributed by atoms with van der Waals surface area (Å²) in [7, 11) is 4.26. The fourth-order valence-electron chi connectivity index (χ4n) is 2.64. The lowest BCUT2D eigenvalue weighted by Crippen LogP contribution is -2.12. The maximum atomic E-state index is 2.42. The SMILES string of the molecule is CN(C)CC/C=C(/CCCc1ccccc1)c1ccccc1. The van der Waals surface area contributed by atoms with Crippen LogP contribution in [0.1, 0.15) is 30.4 Å². The van der Waals surface area contributed by atoms with E-state index in [0.717, 1.165) is 25.8 Å². The Hall–Kier alpha value is -1.86. The van der Waals surface area contributed by atoms with E-state index >= 15 is 0 Å². The zero-order valence-corrected chi connectivity index (χ0v) is 13.8. The molecule has 0 bridgehead atoms. The number of allylic oxidation sites excluding steroid dienone is 1. The van der Waals surface area contributed by atoms with Crippen molar-refractivity contribution < 1.29 is 0 Å². The molecule has 0 N–H and O–H groups in total. The molecule has 0 atom stereocenters. The smallest absolute Gasteiger partial charge is 0.00100 e. The molecular formula is C21H27N. The Morgan fingerprint density at radius 3 is 2.18 bits per heavy atom. The van der Waals surface area contributed by atoms with E-state index in [-0.39, 0.29) is 0 Å².